The first-order valence-electron chi connectivity index (χ1n) is 7.56. The average Bonchev–Trinajstić information content (AvgIpc) is 2.49. The van der Waals surface area contributed by atoms with Crippen molar-refractivity contribution in [2.24, 2.45) is 0 Å². The Morgan fingerprint density at radius 2 is 1.62 bits per heavy atom. The third kappa shape index (κ3) is 4.51. The van der Waals surface area contributed by atoms with Gasteiger partial charge in [-0.1, -0.05) is 0 Å². The highest BCUT2D eigenvalue weighted by Gasteiger charge is 2.22. The molecule has 5 nitrogen and oxygen atoms in total. The van der Waals surface area contributed by atoms with Crippen molar-refractivity contribution in [2.75, 3.05) is 33.5 Å². The van der Waals surface area contributed by atoms with Crippen LogP contribution < -0.4 is 19.5 Å². The van der Waals surface area contributed by atoms with Gasteiger partial charge in [-0.05, 0) is 46.4 Å². The van der Waals surface area contributed by atoms with Crippen LogP contribution in [0.25, 0.3) is 0 Å². The van der Waals surface area contributed by atoms with Crippen molar-refractivity contribution >= 4 is 0 Å². The minimum atomic E-state index is 0.00596. The molecule has 0 aromatic heterocycles. The fraction of sp³-hybridized carbons (Fsp3) is 0.625. The van der Waals surface area contributed by atoms with E-state index in [4.69, 9.17) is 14.2 Å². The molecule has 0 amide bonds. The number of benzene rings is 1. The van der Waals surface area contributed by atoms with E-state index in [0.29, 0.717) is 43.5 Å². The van der Waals surface area contributed by atoms with Gasteiger partial charge in [0.2, 0.25) is 5.75 Å². The second kappa shape index (κ2) is 9.47. The quantitative estimate of drug-likeness (QED) is 0.695. The smallest absolute Gasteiger partial charge is 0.203 e. The molecule has 0 aliphatic carbocycles. The third-order valence-electron chi connectivity index (χ3n) is 3.13. The van der Waals surface area contributed by atoms with Crippen LogP contribution >= 0.6 is 0 Å². The molecule has 2 N–H and O–H groups in total. The first-order valence-corrected chi connectivity index (χ1v) is 7.56. The number of nitrogens with one attached hydrogen (secondary N) is 1. The molecule has 120 valence electrons. The third-order valence-corrected chi connectivity index (χ3v) is 3.13. The number of hydrogen-bond acceptors (Lipinski definition) is 5. The molecule has 0 aliphatic rings. The average molecular weight is 297 g/mol. The first kappa shape index (κ1) is 17.6. The lowest BCUT2D eigenvalue weighted by Crippen LogP contribution is -2.19. The number of aliphatic hydroxyl groups is 1. The number of ether oxygens (including phenoxy) is 3. The maximum Gasteiger partial charge on any atom is 0.203 e. The summed E-state index contributed by atoms with van der Waals surface area (Å²) >= 11 is 0. The van der Waals surface area contributed by atoms with E-state index in [9.17, 15) is 5.11 Å². The largest absolute Gasteiger partial charge is 0.490 e. The zero-order chi connectivity index (χ0) is 15.7. The summed E-state index contributed by atoms with van der Waals surface area (Å²) in [5, 5.41) is 12.4. The second-order valence-electron chi connectivity index (χ2n) is 4.46. The summed E-state index contributed by atoms with van der Waals surface area (Å²) in [5.74, 6) is 2.01. The Hall–Kier alpha value is -1.46. The summed E-state index contributed by atoms with van der Waals surface area (Å²) in [6.07, 6.45) is 0.607. The van der Waals surface area contributed by atoms with Gasteiger partial charge in [0.25, 0.3) is 0 Å². The van der Waals surface area contributed by atoms with Crippen LogP contribution in [-0.4, -0.2) is 38.6 Å². The molecule has 0 radical (unpaired) electrons. The summed E-state index contributed by atoms with van der Waals surface area (Å²) in [4.78, 5) is 0. The molecule has 0 saturated heterocycles. The van der Waals surface area contributed by atoms with Gasteiger partial charge in [0.1, 0.15) is 0 Å². The van der Waals surface area contributed by atoms with E-state index in [0.717, 1.165) is 5.56 Å². The summed E-state index contributed by atoms with van der Waals surface area (Å²) in [6, 6.07) is 3.87. The molecule has 0 bridgehead atoms. The Labute approximate surface area is 127 Å². The van der Waals surface area contributed by atoms with E-state index >= 15 is 0 Å². The lowest BCUT2D eigenvalue weighted by molar-refractivity contribution is 0.250. The van der Waals surface area contributed by atoms with Gasteiger partial charge in [0.15, 0.2) is 11.5 Å². The van der Waals surface area contributed by atoms with Crippen molar-refractivity contribution in [2.45, 2.75) is 33.2 Å². The standard InChI is InChI=1S/C16H27NO4/c1-5-19-14-9-8-12(13(17-4)10-11-18)15(20-6-2)16(14)21-7-3/h8-9,13,17-18H,5-7,10-11H2,1-4H3. The van der Waals surface area contributed by atoms with E-state index in [1.54, 1.807) is 0 Å². The van der Waals surface area contributed by atoms with Gasteiger partial charge in [-0.25, -0.2) is 0 Å². The zero-order valence-corrected chi connectivity index (χ0v) is 13.4. The van der Waals surface area contributed by atoms with Gasteiger partial charge in [0.05, 0.1) is 19.8 Å². The molecule has 5 heteroatoms. The molecular formula is C16H27NO4. The Bertz CT molecular complexity index is 423. The van der Waals surface area contributed by atoms with Gasteiger partial charge in [-0.15, -0.1) is 0 Å². The minimum absolute atomic E-state index is 0.00596. The molecule has 0 spiro atoms. The molecule has 1 aromatic carbocycles. The van der Waals surface area contributed by atoms with Gasteiger partial charge in [-0.2, -0.15) is 0 Å². The lowest BCUT2D eigenvalue weighted by Gasteiger charge is -2.23. The molecule has 0 saturated carbocycles. The van der Waals surface area contributed by atoms with E-state index < -0.39 is 0 Å². The van der Waals surface area contributed by atoms with Crippen molar-refractivity contribution in [3.05, 3.63) is 17.7 Å². The molecule has 21 heavy (non-hydrogen) atoms. The Morgan fingerprint density at radius 1 is 1.00 bits per heavy atom. The van der Waals surface area contributed by atoms with Crippen LogP contribution in [0, 0.1) is 0 Å². The van der Waals surface area contributed by atoms with Crippen LogP contribution in [0.1, 0.15) is 38.8 Å². The van der Waals surface area contributed by atoms with Gasteiger partial charge in [-0.3, -0.25) is 0 Å². The lowest BCUT2D eigenvalue weighted by atomic mass is 10.0. The Morgan fingerprint density at radius 3 is 2.14 bits per heavy atom. The van der Waals surface area contributed by atoms with Gasteiger partial charge < -0.3 is 24.6 Å². The number of hydrogen-bond donors (Lipinski definition) is 2. The predicted octanol–water partition coefficient (Wildman–Crippen LogP) is 2.53. The highest BCUT2D eigenvalue weighted by molar-refractivity contribution is 5.56. The van der Waals surface area contributed by atoms with Crippen molar-refractivity contribution in [1.29, 1.82) is 0 Å². The van der Waals surface area contributed by atoms with Crippen LogP contribution in [-0.2, 0) is 0 Å². The highest BCUT2D eigenvalue weighted by atomic mass is 16.5. The maximum atomic E-state index is 9.22. The predicted molar refractivity (Wildman–Crippen MR) is 83.5 cm³/mol. The molecule has 1 atom stereocenters. The van der Waals surface area contributed by atoms with Crippen LogP contribution in [0.15, 0.2) is 12.1 Å². The van der Waals surface area contributed by atoms with Crippen molar-refractivity contribution in [3.63, 3.8) is 0 Å². The van der Waals surface area contributed by atoms with E-state index in [-0.39, 0.29) is 12.6 Å². The van der Waals surface area contributed by atoms with Crippen molar-refractivity contribution in [1.82, 2.24) is 5.32 Å². The normalized spacial score (nSPS) is 12.0. The SMILES string of the molecule is CCOc1ccc(C(CCO)NC)c(OCC)c1OCC. The minimum Gasteiger partial charge on any atom is -0.490 e. The highest BCUT2D eigenvalue weighted by Crippen LogP contribution is 2.43. The maximum absolute atomic E-state index is 9.22. The summed E-state index contributed by atoms with van der Waals surface area (Å²) in [6.45, 7) is 7.55. The van der Waals surface area contributed by atoms with Crippen LogP contribution in [0.2, 0.25) is 0 Å². The number of aliphatic hydroxyl groups excluding tert-OH is 1. The molecular weight excluding hydrogens is 270 g/mol. The Kier molecular flexibility index (Phi) is 7.93. The van der Waals surface area contributed by atoms with Gasteiger partial charge in [0, 0.05) is 18.2 Å². The fourth-order valence-corrected chi connectivity index (χ4v) is 2.26. The first-order chi connectivity index (χ1) is 10.2. The van der Waals surface area contributed by atoms with Crippen molar-refractivity contribution < 1.29 is 19.3 Å². The van der Waals surface area contributed by atoms with Gasteiger partial charge >= 0.3 is 0 Å². The monoisotopic (exact) mass is 297 g/mol. The molecule has 1 aromatic rings. The summed E-state index contributed by atoms with van der Waals surface area (Å²) in [5.41, 5.74) is 0.973. The van der Waals surface area contributed by atoms with E-state index in [2.05, 4.69) is 5.32 Å². The zero-order valence-electron chi connectivity index (χ0n) is 13.4. The summed E-state index contributed by atoms with van der Waals surface area (Å²) < 4.78 is 17.2. The molecule has 1 unspecified atom stereocenters. The van der Waals surface area contributed by atoms with Crippen LogP contribution in [0.5, 0.6) is 17.2 Å². The molecule has 1 rings (SSSR count). The van der Waals surface area contributed by atoms with Crippen molar-refractivity contribution in [3.8, 4) is 17.2 Å². The Balaban J connectivity index is 3.31. The molecule has 0 heterocycles. The van der Waals surface area contributed by atoms with E-state index in [1.807, 2.05) is 40.0 Å². The topological polar surface area (TPSA) is 60.0 Å². The van der Waals surface area contributed by atoms with Crippen LogP contribution in [0.4, 0.5) is 0 Å². The fourth-order valence-electron chi connectivity index (χ4n) is 2.26. The molecule has 0 aliphatic heterocycles. The molecule has 0 fully saturated rings. The number of rotatable bonds is 10. The second-order valence-corrected chi connectivity index (χ2v) is 4.46. The summed E-state index contributed by atoms with van der Waals surface area (Å²) in [7, 11) is 1.87. The van der Waals surface area contributed by atoms with Crippen LogP contribution in [0.3, 0.4) is 0 Å². The van der Waals surface area contributed by atoms with E-state index in [1.165, 1.54) is 0 Å².